The van der Waals surface area contributed by atoms with Gasteiger partial charge in [0.15, 0.2) is 0 Å². The number of halogens is 3. The van der Waals surface area contributed by atoms with E-state index < -0.39 is 30.2 Å². The summed E-state index contributed by atoms with van der Waals surface area (Å²) in [7, 11) is 0. The van der Waals surface area contributed by atoms with Crippen molar-refractivity contribution >= 4 is 17.4 Å². The molecule has 1 N–H and O–H groups in total. The first kappa shape index (κ1) is 17.7. The molecule has 1 amide bonds. The number of nitrogens with zero attached hydrogens (tertiary/aromatic N) is 1. The summed E-state index contributed by atoms with van der Waals surface area (Å²) in [6.07, 6.45) is -4.62. The average Bonchev–Trinajstić information content (AvgIpc) is 2.91. The quantitative estimate of drug-likeness (QED) is 0.835. The smallest absolute Gasteiger partial charge is 0.416 e. The third-order valence-corrected chi connectivity index (χ3v) is 4.31. The van der Waals surface area contributed by atoms with Gasteiger partial charge in [0.2, 0.25) is 0 Å². The number of hydrogen-bond acceptors (Lipinski definition) is 2. The van der Waals surface area contributed by atoms with E-state index in [9.17, 15) is 27.9 Å². The SMILES string of the molecule is C/C(=C(/C(=O)O)N1Cc2c(cccc2C(F)(F)F)C1=O)c1ccccc1. The summed E-state index contributed by atoms with van der Waals surface area (Å²) >= 11 is 0. The van der Waals surface area contributed by atoms with Crippen LogP contribution in [0.2, 0.25) is 0 Å². The number of carboxylic acids is 1. The molecule has 0 saturated heterocycles. The molecule has 0 atom stereocenters. The first-order valence-electron chi connectivity index (χ1n) is 7.72. The molecular formula is C19H14F3NO3. The second-order valence-electron chi connectivity index (χ2n) is 5.87. The maximum Gasteiger partial charge on any atom is 0.416 e. The molecule has 0 aliphatic carbocycles. The Balaban J connectivity index is 2.12. The van der Waals surface area contributed by atoms with E-state index in [4.69, 9.17) is 0 Å². The molecule has 7 heteroatoms. The van der Waals surface area contributed by atoms with E-state index in [-0.39, 0.29) is 16.8 Å². The Bertz CT molecular complexity index is 917. The van der Waals surface area contributed by atoms with Gasteiger partial charge in [-0.05, 0) is 35.8 Å². The summed E-state index contributed by atoms with van der Waals surface area (Å²) in [6, 6.07) is 11.8. The van der Waals surface area contributed by atoms with Crippen molar-refractivity contribution in [2.75, 3.05) is 0 Å². The molecule has 2 aromatic carbocycles. The number of amides is 1. The van der Waals surface area contributed by atoms with Crippen LogP contribution >= 0.6 is 0 Å². The summed E-state index contributed by atoms with van der Waals surface area (Å²) in [5.74, 6) is -2.13. The minimum atomic E-state index is -4.62. The van der Waals surface area contributed by atoms with Crippen molar-refractivity contribution in [3.05, 3.63) is 76.5 Å². The summed E-state index contributed by atoms with van der Waals surface area (Å²) in [5, 5.41) is 9.62. The number of carbonyl (C=O) groups excluding carboxylic acids is 1. The second-order valence-corrected chi connectivity index (χ2v) is 5.87. The van der Waals surface area contributed by atoms with Gasteiger partial charge in [-0.2, -0.15) is 13.2 Å². The van der Waals surface area contributed by atoms with Gasteiger partial charge in [0, 0.05) is 5.56 Å². The first-order chi connectivity index (χ1) is 12.2. The van der Waals surface area contributed by atoms with Crippen LogP contribution in [0.25, 0.3) is 5.57 Å². The fourth-order valence-corrected chi connectivity index (χ4v) is 3.08. The third-order valence-electron chi connectivity index (χ3n) is 4.31. The van der Waals surface area contributed by atoms with Crippen molar-refractivity contribution in [3.8, 4) is 0 Å². The van der Waals surface area contributed by atoms with Gasteiger partial charge in [-0.1, -0.05) is 36.4 Å². The normalized spacial score (nSPS) is 14.9. The van der Waals surface area contributed by atoms with E-state index >= 15 is 0 Å². The van der Waals surface area contributed by atoms with Crippen LogP contribution in [0.3, 0.4) is 0 Å². The zero-order chi connectivity index (χ0) is 19.1. The average molecular weight is 361 g/mol. The Morgan fingerprint density at radius 3 is 2.31 bits per heavy atom. The Morgan fingerprint density at radius 1 is 1.08 bits per heavy atom. The fraction of sp³-hybridized carbons (Fsp3) is 0.158. The standard InChI is InChI=1S/C19H14F3NO3/c1-11(12-6-3-2-4-7-12)16(18(25)26)23-10-14-13(17(23)24)8-5-9-15(14)19(20,21)22/h2-9H,10H2,1H3,(H,25,26)/b16-11+. The lowest BCUT2D eigenvalue weighted by Crippen LogP contribution is -2.29. The maximum absolute atomic E-state index is 13.2. The van der Waals surface area contributed by atoms with Crippen molar-refractivity contribution in [3.63, 3.8) is 0 Å². The van der Waals surface area contributed by atoms with Crippen LogP contribution in [0.15, 0.2) is 54.2 Å². The van der Waals surface area contributed by atoms with Crippen molar-refractivity contribution in [1.82, 2.24) is 4.90 Å². The molecule has 4 nitrogen and oxygen atoms in total. The minimum absolute atomic E-state index is 0.126. The van der Waals surface area contributed by atoms with E-state index in [0.717, 1.165) is 17.0 Å². The van der Waals surface area contributed by atoms with Crippen molar-refractivity contribution in [2.24, 2.45) is 0 Å². The van der Waals surface area contributed by atoms with Crippen LogP contribution in [0.4, 0.5) is 13.2 Å². The van der Waals surface area contributed by atoms with Crippen molar-refractivity contribution < 1.29 is 27.9 Å². The Labute approximate surface area is 147 Å². The molecular weight excluding hydrogens is 347 g/mol. The Kier molecular flexibility index (Phi) is 4.31. The van der Waals surface area contributed by atoms with Gasteiger partial charge in [0.25, 0.3) is 5.91 Å². The molecule has 0 saturated carbocycles. The Morgan fingerprint density at radius 2 is 1.73 bits per heavy atom. The molecule has 0 aromatic heterocycles. The molecule has 3 rings (SSSR count). The molecule has 0 spiro atoms. The number of allylic oxidation sites excluding steroid dienone is 1. The number of benzene rings is 2. The van der Waals surface area contributed by atoms with Gasteiger partial charge >= 0.3 is 12.1 Å². The van der Waals surface area contributed by atoms with Crippen molar-refractivity contribution in [2.45, 2.75) is 19.6 Å². The summed E-state index contributed by atoms with van der Waals surface area (Å²) in [6.45, 7) is 1.09. The van der Waals surface area contributed by atoms with Crippen LogP contribution in [0.1, 0.15) is 34.0 Å². The molecule has 1 aliphatic rings. The van der Waals surface area contributed by atoms with Gasteiger partial charge in [0.1, 0.15) is 5.70 Å². The zero-order valence-electron chi connectivity index (χ0n) is 13.7. The number of aliphatic carboxylic acids is 1. The van der Waals surface area contributed by atoms with Crippen LogP contribution < -0.4 is 0 Å². The molecule has 0 bridgehead atoms. The topological polar surface area (TPSA) is 57.6 Å². The molecule has 2 aromatic rings. The van der Waals surface area contributed by atoms with Crippen molar-refractivity contribution in [1.29, 1.82) is 0 Å². The highest BCUT2D eigenvalue weighted by atomic mass is 19.4. The van der Waals surface area contributed by atoms with E-state index in [1.54, 1.807) is 30.3 Å². The van der Waals surface area contributed by atoms with E-state index in [2.05, 4.69) is 0 Å². The van der Waals surface area contributed by atoms with Gasteiger partial charge in [0.05, 0.1) is 12.1 Å². The lowest BCUT2D eigenvalue weighted by atomic mass is 10.0. The summed E-state index contributed by atoms with van der Waals surface area (Å²) in [4.78, 5) is 25.3. The molecule has 26 heavy (non-hydrogen) atoms. The third kappa shape index (κ3) is 2.96. The zero-order valence-corrected chi connectivity index (χ0v) is 13.7. The highest BCUT2D eigenvalue weighted by molar-refractivity contribution is 6.07. The lowest BCUT2D eigenvalue weighted by molar-refractivity contribution is -0.138. The molecule has 134 valence electrons. The predicted molar refractivity (Wildman–Crippen MR) is 88.0 cm³/mol. The highest BCUT2D eigenvalue weighted by Crippen LogP contribution is 2.38. The molecule has 0 fully saturated rings. The summed E-state index contributed by atoms with van der Waals surface area (Å²) in [5.41, 5.74) is -0.708. The molecule has 0 radical (unpaired) electrons. The predicted octanol–water partition coefficient (Wildman–Crippen LogP) is 4.18. The Hall–Kier alpha value is -3.09. The van der Waals surface area contributed by atoms with E-state index in [0.29, 0.717) is 11.1 Å². The van der Waals surface area contributed by atoms with Gasteiger partial charge in [-0.3, -0.25) is 9.69 Å². The van der Waals surface area contributed by atoms with Crippen LogP contribution in [0.5, 0.6) is 0 Å². The van der Waals surface area contributed by atoms with E-state index in [1.165, 1.54) is 13.0 Å². The minimum Gasteiger partial charge on any atom is -0.477 e. The van der Waals surface area contributed by atoms with Crippen LogP contribution in [0, 0.1) is 0 Å². The molecule has 1 aliphatic heterocycles. The lowest BCUT2D eigenvalue weighted by Gasteiger charge is -2.19. The van der Waals surface area contributed by atoms with E-state index in [1.807, 2.05) is 0 Å². The van der Waals surface area contributed by atoms with Gasteiger partial charge in [-0.25, -0.2) is 4.79 Å². The van der Waals surface area contributed by atoms with Gasteiger partial charge < -0.3 is 5.11 Å². The fourth-order valence-electron chi connectivity index (χ4n) is 3.08. The number of alkyl halides is 3. The van der Waals surface area contributed by atoms with Gasteiger partial charge in [-0.15, -0.1) is 0 Å². The molecule has 0 unspecified atom stereocenters. The number of carbonyl (C=O) groups is 2. The highest BCUT2D eigenvalue weighted by Gasteiger charge is 2.41. The number of rotatable bonds is 3. The largest absolute Gasteiger partial charge is 0.477 e. The number of hydrogen-bond donors (Lipinski definition) is 1. The maximum atomic E-state index is 13.2. The summed E-state index contributed by atoms with van der Waals surface area (Å²) < 4.78 is 39.7. The first-order valence-corrected chi connectivity index (χ1v) is 7.72. The van der Waals surface area contributed by atoms with Crippen LogP contribution in [-0.2, 0) is 17.5 Å². The van der Waals surface area contributed by atoms with Crippen LogP contribution in [-0.4, -0.2) is 21.9 Å². The number of fused-ring (bicyclic) bond motifs is 1. The monoisotopic (exact) mass is 361 g/mol. The molecule has 1 heterocycles. The number of carboxylic acid groups (broad SMARTS) is 1. The second kappa shape index (κ2) is 6.33.